The first kappa shape index (κ1) is 34.0. The predicted octanol–water partition coefficient (Wildman–Crippen LogP) is 4.61. The lowest BCUT2D eigenvalue weighted by Gasteiger charge is -2.53. The number of carbonyl (C=O) groups is 2. The zero-order chi connectivity index (χ0) is 33.3. The number of hydrogen-bond donors (Lipinski definition) is 2. The molecule has 1 aromatic heterocycles. The van der Waals surface area contributed by atoms with Crippen molar-refractivity contribution in [3.8, 4) is 11.1 Å². The number of alkyl halides is 6. The third kappa shape index (κ3) is 7.43. The van der Waals surface area contributed by atoms with Gasteiger partial charge < -0.3 is 24.8 Å². The summed E-state index contributed by atoms with van der Waals surface area (Å²) in [6.07, 6.45) is -10.4. The van der Waals surface area contributed by atoms with Gasteiger partial charge in [0.05, 0.1) is 36.5 Å². The number of likely N-dealkylation sites (tertiary alicyclic amines) is 1. The van der Waals surface area contributed by atoms with Gasteiger partial charge in [-0.1, -0.05) is 43.2 Å². The van der Waals surface area contributed by atoms with Crippen molar-refractivity contribution in [2.45, 2.75) is 69.4 Å². The molecule has 8 nitrogen and oxygen atoms in total. The SMILES string of the molecule is O=C(c1cn(C[C@]2(O)CCN(C(=O)C(CC(F)(F)F)CC(F)(F)F)CC23CCCC3)c(=O)cc1-c1ccccc1)N1CCNCC1. The highest BCUT2D eigenvalue weighted by Crippen LogP contribution is 2.52. The lowest BCUT2D eigenvalue weighted by molar-refractivity contribution is -0.190. The van der Waals surface area contributed by atoms with Crippen molar-refractivity contribution >= 4 is 11.8 Å². The lowest BCUT2D eigenvalue weighted by atomic mass is 9.65. The highest BCUT2D eigenvalue weighted by molar-refractivity contribution is 6.00. The fourth-order valence-electron chi connectivity index (χ4n) is 7.39. The number of piperidine rings is 1. The molecule has 1 aromatic carbocycles. The van der Waals surface area contributed by atoms with Crippen LogP contribution in [-0.4, -0.2) is 88.5 Å². The molecule has 252 valence electrons. The topological polar surface area (TPSA) is 94.9 Å². The Bertz CT molecular complexity index is 1450. The van der Waals surface area contributed by atoms with Crippen molar-refractivity contribution in [1.29, 1.82) is 0 Å². The Hall–Kier alpha value is -3.39. The number of benzene rings is 1. The average Bonchev–Trinajstić information content (AvgIpc) is 3.48. The summed E-state index contributed by atoms with van der Waals surface area (Å²) in [7, 11) is 0. The van der Waals surface area contributed by atoms with Crippen LogP contribution < -0.4 is 10.9 Å². The van der Waals surface area contributed by atoms with Gasteiger partial charge >= 0.3 is 12.4 Å². The van der Waals surface area contributed by atoms with E-state index in [1.807, 2.05) is 6.07 Å². The van der Waals surface area contributed by atoms with Gasteiger partial charge in [0.1, 0.15) is 0 Å². The highest BCUT2D eigenvalue weighted by Gasteiger charge is 2.56. The van der Waals surface area contributed by atoms with Crippen LogP contribution in [0.4, 0.5) is 26.3 Å². The quantitative estimate of drug-likeness (QED) is 0.425. The summed E-state index contributed by atoms with van der Waals surface area (Å²) in [4.78, 5) is 43.2. The number of halogens is 6. The molecular formula is C32H38F6N4O4. The predicted molar refractivity (Wildman–Crippen MR) is 157 cm³/mol. The third-order valence-corrected chi connectivity index (χ3v) is 9.73. The number of aliphatic hydroxyl groups is 1. The van der Waals surface area contributed by atoms with Crippen LogP contribution in [0.1, 0.15) is 55.3 Å². The second-order valence-corrected chi connectivity index (χ2v) is 12.8. The molecule has 3 fully saturated rings. The van der Waals surface area contributed by atoms with Crippen LogP contribution in [0.25, 0.3) is 11.1 Å². The van der Waals surface area contributed by atoms with Crippen molar-refractivity contribution < 1.29 is 41.0 Å². The van der Waals surface area contributed by atoms with Crippen LogP contribution in [0.5, 0.6) is 0 Å². The van der Waals surface area contributed by atoms with E-state index in [0.29, 0.717) is 63.0 Å². The molecule has 1 saturated carbocycles. The van der Waals surface area contributed by atoms with E-state index < -0.39 is 53.6 Å². The number of nitrogens with one attached hydrogen (secondary N) is 1. The number of hydrogen-bond acceptors (Lipinski definition) is 5. The Balaban J connectivity index is 1.46. The largest absolute Gasteiger partial charge is 0.389 e. The fraction of sp³-hybridized carbons (Fsp3) is 0.594. The smallest absolute Gasteiger partial charge is 0.387 e. The number of nitrogens with zero attached hydrogens (tertiary/aromatic N) is 3. The van der Waals surface area contributed by atoms with Crippen LogP contribution in [0.2, 0.25) is 0 Å². The Labute approximate surface area is 262 Å². The summed E-state index contributed by atoms with van der Waals surface area (Å²) in [5.41, 5.74) is -1.78. The van der Waals surface area contributed by atoms with Crippen molar-refractivity contribution in [3.63, 3.8) is 0 Å². The number of rotatable bonds is 7. The molecule has 2 saturated heterocycles. The summed E-state index contributed by atoms with van der Waals surface area (Å²) in [6, 6.07) is 10.3. The summed E-state index contributed by atoms with van der Waals surface area (Å²) < 4.78 is 80.5. The molecule has 2 N–H and O–H groups in total. The fourth-order valence-corrected chi connectivity index (χ4v) is 7.39. The number of carbonyl (C=O) groups excluding carboxylic acids is 2. The molecule has 0 unspecified atom stereocenters. The summed E-state index contributed by atoms with van der Waals surface area (Å²) in [6.45, 7) is 1.40. The Kier molecular flexibility index (Phi) is 9.61. The Morgan fingerprint density at radius 2 is 1.50 bits per heavy atom. The molecule has 2 amide bonds. The van der Waals surface area contributed by atoms with E-state index in [1.165, 1.54) is 16.8 Å². The molecule has 0 radical (unpaired) electrons. The van der Waals surface area contributed by atoms with Crippen molar-refractivity contribution in [2.75, 3.05) is 39.3 Å². The van der Waals surface area contributed by atoms with Gasteiger partial charge in [-0.15, -0.1) is 0 Å². The molecule has 0 bridgehead atoms. The molecule has 1 spiro atoms. The molecule has 3 heterocycles. The van der Waals surface area contributed by atoms with E-state index in [1.54, 1.807) is 29.2 Å². The minimum absolute atomic E-state index is 0.155. The molecule has 46 heavy (non-hydrogen) atoms. The summed E-state index contributed by atoms with van der Waals surface area (Å²) in [5.74, 6) is -3.84. The van der Waals surface area contributed by atoms with Gasteiger partial charge in [0.2, 0.25) is 5.91 Å². The normalized spacial score (nSPS) is 22.1. The van der Waals surface area contributed by atoms with Crippen molar-refractivity contribution in [2.24, 2.45) is 11.3 Å². The van der Waals surface area contributed by atoms with Crippen LogP contribution >= 0.6 is 0 Å². The molecule has 1 atom stereocenters. The first-order valence-corrected chi connectivity index (χ1v) is 15.5. The second-order valence-electron chi connectivity index (χ2n) is 12.8. The molecule has 14 heteroatoms. The Morgan fingerprint density at radius 1 is 0.891 bits per heavy atom. The lowest BCUT2D eigenvalue weighted by Crippen LogP contribution is -2.62. The molecule has 5 rings (SSSR count). The van der Waals surface area contributed by atoms with Gasteiger partial charge in [-0.25, -0.2) is 0 Å². The summed E-state index contributed by atoms with van der Waals surface area (Å²) >= 11 is 0. The third-order valence-electron chi connectivity index (χ3n) is 9.73. The molecule has 3 aliphatic rings. The maximum Gasteiger partial charge on any atom is 0.389 e. The number of pyridine rings is 1. The number of amides is 2. The van der Waals surface area contributed by atoms with Gasteiger partial charge in [0, 0.05) is 62.5 Å². The van der Waals surface area contributed by atoms with Crippen LogP contribution in [0, 0.1) is 11.3 Å². The minimum Gasteiger partial charge on any atom is -0.387 e. The van der Waals surface area contributed by atoms with Crippen LogP contribution in [-0.2, 0) is 11.3 Å². The standard InChI is InChI=1S/C32H38F6N4O4/c33-31(34,35)17-23(18-32(36,37)38)27(44)41-13-10-30(46,29(20-41)8-4-5-9-29)21-42-19-25(28(45)40-14-11-39-12-15-40)24(16-26(42)43)22-6-2-1-3-7-22/h1-3,6-7,16,19,23,39,46H,4-5,8-15,17-18,20-21H2/t30-/m1/s1. The zero-order valence-corrected chi connectivity index (χ0v) is 25.3. The first-order valence-electron chi connectivity index (χ1n) is 15.5. The molecule has 2 aliphatic heterocycles. The maximum atomic E-state index is 13.8. The van der Waals surface area contributed by atoms with E-state index in [2.05, 4.69) is 5.32 Å². The molecular weight excluding hydrogens is 618 g/mol. The minimum atomic E-state index is -4.97. The van der Waals surface area contributed by atoms with Gasteiger partial charge in [0.25, 0.3) is 11.5 Å². The Morgan fingerprint density at radius 3 is 2.09 bits per heavy atom. The highest BCUT2D eigenvalue weighted by atomic mass is 19.4. The summed E-state index contributed by atoms with van der Waals surface area (Å²) in [5, 5.41) is 15.4. The van der Waals surface area contributed by atoms with E-state index >= 15 is 0 Å². The van der Waals surface area contributed by atoms with E-state index in [4.69, 9.17) is 0 Å². The van der Waals surface area contributed by atoms with Gasteiger partial charge in [0.15, 0.2) is 0 Å². The van der Waals surface area contributed by atoms with Gasteiger partial charge in [-0.3, -0.25) is 14.4 Å². The monoisotopic (exact) mass is 656 g/mol. The van der Waals surface area contributed by atoms with E-state index in [-0.39, 0.29) is 37.5 Å². The average molecular weight is 657 g/mol. The number of piperazine rings is 1. The maximum absolute atomic E-state index is 13.8. The van der Waals surface area contributed by atoms with Gasteiger partial charge in [-0.05, 0) is 24.8 Å². The second kappa shape index (κ2) is 13.0. The van der Waals surface area contributed by atoms with Gasteiger partial charge in [-0.2, -0.15) is 26.3 Å². The van der Waals surface area contributed by atoms with Crippen molar-refractivity contribution in [3.05, 3.63) is 58.5 Å². The van der Waals surface area contributed by atoms with Crippen molar-refractivity contribution in [1.82, 2.24) is 19.7 Å². The van der Waals surface area contributed by atoms with E-state index in [0.717, 1.165) is 4.90 Å². The number of aromatic nitrogens is 1. The first-order chi connectivity index (χ1) is 21.6. The molecule has 2 aromatic rings. The van der Waals surface area contributed by atoms with Crippen LogP contribution in [0.3, 0.4) is 0 Å². The van der Waals surface area contributed by atoms with E-state index in [9.17, 15) is 45.8 Å². The van der Waals surface area contributed by atoms with Crippen LogP contribution in [0.15, 0.2) is 47.4 Å². The molecule has 1 aliphatic carbocycles. The zero-order valence-electron chi connectivity index (χ0n) is 25.3.